The molecule has 3 amide bonds. The highest BCUT2D eigenvalue weighted by molar-refractivity contribution is 9.11. The molecule has 1 fully saturated rings. The van der Waals surface area contributed by atoms with Gasteiger partial charge in [-0.2, -0.15) is 10.2 Å². The highest BCUT2D eigenvalue weighted by Gasteiger charge is 2.52. The summed E-state index contributed by atoms with van der Waals surface area (Å²) in [6.07, 6.45) is 15.8. The number of nitrogens with zero attached hydrogens (tertiary/aromatic N) is 7. The zero-order valence-corrected chi connectivity index (χ0v) is 55.1. The lowest BCUT2D eigenvalue weighted by atomic mass is 9.82. The fraction of sp³-hybridized carbons (Fsp3) is 0.557. The smallest absolute Gasteiger partial charge is 0.498 e. The number of aliphatic hydroxyl groups excluding tert-OH is 2. The molecule has 82 heavy (non-hydrogen) atoms. The van der Waals surface area contributed by atoms with Crippen LogP contribution in [0.2, 0.25) is 0 Å². The molecule has 0 bridgehead atoms. The SMILES string of the molecule is CC(=O)N1c2ccc(Br)c(O)c2CC[C@@H]1C.CC1(C)OB(c2cnn(CCO)c2)OC1(C)C.CCCBr.CCCOc1c(-c2cnn(CCO)c2)ccc2c1CC[C@H](C)N2C(C)=O.CCCOc1c(Br)ccc2c1CC[C@H](C)N2C(C)=O. The van der Waals surface area contributed by atoms with Gasteiger partial charge in [-0.3, -0.25) is 23.7 Å². The third-order valence-electron chi connectivity index (χ3n) is 15.1. The largest absolute Gasteiger partial charge is 0.506 e. The van der Waals surface area contributed by atoms with Gasteiger partial charge in [0.1, 0.15) is 17.2 Å². The van der Waals surface area contributed by atoms with Crippen LogP contribution in [0.1, 0.15) is 145 Å². The van der Waals surface area contributed by atoms with Crippen LogP contribution in [-0.4, -0.2) is 121 Å². The van der Waals surface area contributed by atoms with Gasteiger partial charge in [0.2, 0.25) is 17.7 Å². The van der Waals surface area contributed by atoms with Gasteiger partial charge in [-0.25, -0.2) is 0 Å². The van der Waals surface area contributed by atoms with Crippen molar-refractivity contribution in [2.45, 2.75) is 190 Å². The standard InChI is InChI=1S/C20H27N3O3.C15H20BrNO2.C12H14BrNO2.C11H19BN2O3.C3H7Br/c1-4-11-26-20-17(16-12-21-22(13-16)9-10-24)7-8-19-18(20)6-5-14(2)23(19)15(3)25;1-4-9-19-15-12-6-5-10(2)17(11(3)18)14(12)8-7-13(15)16;1-7-3-4-9-11(14(7)8(2)15)6-5-10(13)12(9)16;1-10(2)11(3,4)17-12(16-10)9-7-13-14(8-9)5-6-15;1-2-3-4/h7-8,12-14,24H,4-6,9-11H2,1-3H3;7-8,10H,4-6,9H2,1-3H3;5-7,16H,3-4H2,1-2H3;7-8,15H,5-6H2,1-4H3;2-3H2,1H3/t14-;10-;7-;;/m000../s1. The van der Waals surface area contributed by atoms with Gasteiger partial charge >= 0.3 is 7.12 Å². The Hall–Kier alpha value is -4.77. The minimum absolute atomic E-state index is 0.0233. The number of ether oxygens (including phenoxy) is 2. The maximum Gasteiger partial charge on any atom is 0.498 e. The molecule has 4 aliphatic rings. The molecule has 0 aliphatic carbocycles. The van der Waals surface area contributed by atoms with E-state index < -0.39 is 0 Å². The van der Waals surface area contributed by atoms with Crippen molar-refractivity contribution in [3.63, 3.8) is 0 Å². The van der Waals surface area contributed by atoms with Crippen LogP contribution in [-0.2, 0) is 56.0 Å². The number of benzene rings is 3. The second kappa shape index (κ2) is 31.4. The quantitative estimate of drug-likeness (QED) is 0.0747. The summed E-state index contributed by atoms with van der Waals surface area (Å²) in [6.45, 7) is 27.8. The van der Waals surface area contributed by atoms with E-state index in [1.54, 1.807) is 53.5 Å². The number of halogens is 3. The van der Waals surface area contributed by atoms with E-state index >= 15 is 0 Å². The molecule has 3 aromatic carbocycles. The Morgan fingerprint density at radius 3 is 1.51 bits per heavy atom. The molecule has 5 aromatic rings. The lowest BCUT2D eigenvalue weighted by molar-refractivity contribution is -0.117. The first kappa shape index (κ1) is 68.0. The van der Waals surface area contributed by atoms with Crippen LogP contribution in [0.25, 0.3) is 11.1 Å². The van der Waals surface area contributed by atoms with E-state index in [0.29, 0.717) is 30.8 Å². The molecule has 3 atom stereocenters. The number of carbonyl (C=O) groups is 3. The Morgan fingerprint density at radius 2 is 1.05 bits per heavy atom. The Balaban J connectivity index is 0.000000199. The molecule has 0 radical (unpaired) electrons. The van der Waals surface area contributed by atoms with Gasteiger partial charge in [0.05, 0.1) is 82.9 Å². The predicted octanol–water partition coefficient (Wildman–Crippen LogP) is 11.8. The lowest BCUT2D eigenvalue weighted by Crippen LogP contribution is -2.41. The number of hydrogen-bond acceptors (Lipinski definition) is 12. The number of hydrogen-bond donors (Lipinski definition) is 3. The van der Waals surface area contributed by atoms with E-state index in [2.05, 4.69) is 92.6 Å². The van der Waals surface area contributed by atoms with E-state index in [4.69, 9.17) is 29.0 Å². The highest BCUT2D eigenvalue weighted by atomic mass is 79.9. The third-order valence-corrected chi connectivity index (χ3v) is 17.1. The van der Waals surface area contributed by atoms with Crippen LogP contribution >= 0.6 is 47.8 Å². The Kier molecular flexibility index (Phi) is 26.0. The zero-order chi connectivity index (χ0) is 60.6. The number of aliphatic hydroxyl groups is 2. The van der Waals surface area contributed by atoms with Crippen molar-refractivity contribution in [2.24, 2.45) is 0 Å². The maximum atomic E-state index is 12.2. The van der Waals surface area contributed by atoms with Gasteiger partial charge in [0, 0.05) is 96.1 Å². The molecule has 17 nitrogen and oxygen atoms in total. The molecular weight excluding hydrogens is 1240 g/mol. The highest BCUT2D eigenvalue weighted by Crippen LogP contribution is 2.45. The topological polar surface area (TPSA) is 194 Å². The molecule has 3 N–H and O–H groups in total. The minimum atomic E-state index is -0.382. The van der Waals surface area contributed by atoms with Crippen molar-refractivity contribution in [1.29, 1.82) is 0 Å². The summed E-state index contributed by atoms with van der Waals surface area (Å²) in [5, 5.41) is 37.5. The van der Waals surface area contributed by atoms with Crippen molar-refractivity contribution in [3.05, 3.63) is 86.8 Å². The van der Waals surface area contributed by atoms with Crippen molar-refractivity contribution >= 4 is 95.2 Å². The Morgan fingerprint density at radius 1 is 0.634 bits per heavy atom. The number of fused-ring (bicyclic) bond motifs is 3. The van der Waals surface area contributed by atoms with Crippen LogP contribution in [0.5, 0.6) is 17.2 Å². The molecule has 9 rings (SSSR count). The first-order valence-electron chi connectivity index (χ1n) is 28.7. The molecule has 2 aromatic heterocycles. The van der Waals surface area contributed by atoms with E-state index in [9.17, 15) is 19.5 Å². The average molecular weight is 1330 g/mol. The Bertz CT molecular complexity index is 2900. The number of aromatic hydroxyl groups is 1. The number of rotatable bonds is 13. The molecule has 0 unspecified atom stereocenters. The number of amides is 3. The number of carbonyl (C=O) groups excluding carboxylic acids is 3. The molecular formula is C61H87BBr3N7O10. The van der Waals surface area contributed by atoms with Gasteiger partial charge in [0.25, 0.3) is 0 Å². The van der Waals surface area contributed by atoms with Crippen LogP contribution < -0.4 is 29.6 Å². The normalized spacial score (nSPS) is 18.1. The number of phenols is 1. The Labute approximate surface area is 511 Å². The van der Waals surface area contributed by atoms with Crippen LogP contribution in [0, 0.1) is 0 Å². The number of alkyl halides is 1. The fourth-order valence-electron chi connectivity index (χ4n) is 10.2. The number of phenolic OH excluding ortho intramolecular Hbond substituents is 1. The molecule has 1 saturated heterocycles. The van der Waals surface area contributed by atoms with Crippen LogP contribution in [0.4, 0.5) is 17.1 Å². The summed E-state index contributed by atoms with van der Waals surface area (Å²) >= 11 is 10.1. The van der Waals surface area contributed by atoms with Gasteiger partial charge in [-0.15, -0.1) is 0 Å². The van der Waals surface area contributed by atoms with Crippen molar-refractivity contribution in [3.8, 4) is 28.4 Å². The summed E-state index contributed by atoms with van der Waals surface area (Å²) in [5.74, 6) is 2.19. The monoisotopic (exact) mass is 1330 g/mol. The number of anilines is 3. The molecule has 0 spiro atoms. The molecule has 0 saturated carbocycles. The molecule has 21 heteroatoms. The summed E-state index contributed by atoms with van der Waals surface area (Å²) in [7, 11) is -0.382. The second-order valence-electron chi connectivity index (χ2n) is 22.0. The van der Waals surface area contributed by atoms with Crippen molar-refractivity contribution in [2.75, 3.05) is 46.5 Å². The van der Waals surface area contributed by atoms with Crippen LogP contribution in [0.15, 0.2) is 70.1 Å². The molecule has 450 valence electrons. The summed E-state index contributed by atoms with van der Waals surface area (Å²) < 4.78 is 28.9. The van der Waals surface area contributed by atoms with Gasteiger partial charge < -0.3 is 48.8 Å². The lowest BCUT2D eigenvalue weighted by Gasteiger charge is -2.36. The first-order valence-corrected chi connectivity index (χ1v) is 31.4. The van der Waals surface area contributed by atoms with Gasteiger partial charge in [0.15, 0.2) is 0 Å². The zero-order valence-electron chi connectivity index (χ0n) is 50.4. The van der Waals surface area contributed by atoms with Crippen LogP contribution in [0.3, 0.4) is 0 Å². The maximum absolute atomic E-state index is 12.2. The van der Waals surface area contributed by atoms with E-state index in [1.165, 1.54) is 6.42 Å². The van der Waals surface area contributed by atoms with Crippen molar-refractivity contribution in [1.82, 2.24) is 19.6 Å². The molecule has 4 aliphatic heterocycles. The van der Waals surface area contributed by atoms with E-state index in [0.717, 1.165) is 123 Å². The second-order valence-corrected chi connectivity index (χ2v) is 24.5. The van der Waals surface area contributed by atoms with E-state index in [1.807, 2.05) is 87.1 Å². The fourth-order valence-corrected chi connectivity index (χ4v) is 11.1. The summed E-state index contributed by atoms with van der Waals surface area (Å²) in [6, 6.07) is 12.3. The van der Waals surface area contributed by atoms with Crippen molar-refractivity contribution < 1.29 is 48.5 Å². The predicted molar refractivity (Wildman–Crippen MR) is 338 cm³/mol. The van der Waals surface area contributed by atoms with Gasteiger partial charge in [-0.1, -0.05) is 36.7 Å². The first-order chi connectivity index (χ1) is 38.9. The number of aromatic nitrogens is 4. The third kappa shape index (κ3) is 16.8. The summed E-state index contributed by atoms with van der Waals surface area (Å²) in [5.41, 5.74) is 8.06. The molecule has 6 heterocycles. The van der Waals surface area contributed by atoms with E-state index in [-0.39, 0.29) is 73.1 Å². The summed E-state index contributed by atoms with van der Waals surface area (Å²) in [4.78, 5) is 41.1. The average Bonchev–Trinajstić information content (AvgIpc) is 4.32. The van der Waals surface area contributed by atoms with Gasteiger partial charge in [-0.05, 0) is 175 Å². The minimum Gasteiger partial charge on any atom is -0.506 e.